The van der Waals surface area contributed by atoms with Crippen LogP contribution >= 0.6 is 11.8 Å². The minimum atomic E-state index is -1.11. The first-order chi connectivity index (χ1) is 15.9. The first kappa shape index (κ1) is 31.6. The van der Waals surface area contributed by atoms with Crippen LogP contribution in [0.25, 0.3) is 0 Å². The molecule has 0 rings (SSSR count). The minimum absolute atomic E-state index is 0.0161. The Hall–Kier alpha value is -2.35. The molecule has 192 valence electrons. The smallest absolute Gasteiger partial charge is 0.327 e. The Kier molecular flexibility index (Phi) is 16.8. The maximum absolute atomic E-state index is 12.1. The van der Waals surface area contributed by atoms with Gasteiger partial charge in [0.25, 0.3) is 0 Å². The Morgan fingerprint density at radius 3 is 2.03 bits per heavy atom. The highest BCUT2D eigenvalue weighted by Gasteiger charge is 2.22. The molecule has 2 atom stereocenters. The molecule has 0 aromatic heterocycles. The third kappa shape index (κ3) is 17.2. The number of allylic oxidation sites excluding steroid dienone is 5. The fourth-order valence-electron chi connectivity index (χ4n) is 3.16. The topological polar surface area (TPSA) is 127 Å². The molecule has 0 saturated heterocycles. The second kappa shape index (κ2) is 18.0. The van der Waals surface area contributed by atoms with Gasteiger partial charge in [0.15, 0.2) is 0 Å². The van der Waals surface area contributed by atoms with Gasteiger partial charge in [0.1, 0.15) is 11.8 Å². The zero-order valence-corrected chi connectivity index (χ0v) is 22.1. The van der Waals surface area contributed by atoms with Gasteiger partial charge in [-0.15, -0.1) is 0 Å². The van der Waals surface area contributed by atoms with E-state index in [1.54, 1.807) is 0 Å². The SMILES string of the molecule is CC(=O)CC(CCC(=O)N[C@@H](CSC/C=C(\C)CC/C=C(\C)CCC=C(C)C)C(=O)O)C(N)=O. The number of carbonyl (C=O) groups excluding carboxylic acids is 3. The summed E-state index contributed by atoms with van der Waals surface area (Å²) in [6.07, 6.45) is 10.7. The summed E-state index contributed by atoms with van der Waals surface area (Å²) >= 11 is 1.44. The molecule has 0 saturated carbocycles. The van der Waals surface area contributed by atoms with Gasteiger partial charge in [-0.2, -0.15) is 11.8 Å². The van der Waals surface area contributed by atoms with E-state index in [9.17, 15) is 24.3 Å². The average molecular weight is 495 g/mol. The Morgan fingerprint density at radius 2 is 1.50 bits per heavy atom. The maximum Gasteiger partial charge on any atom is 0.327 e. The van der Waals surface area contributed by atoms with E-state index in [0.29, 0.717) is 5.75 Å². The van der Waals surface area contributed by atoms with E-state index in [4.69, 9.17) is 5.73 Å². The average Bonchev–Trinajstić information content (AvgIpc) is 2.72. The number of nitrogens with two attached hydrogens (primary N) is 1. The molecular formula is C26H42N2O5S. The highest BCUT2D eigenvalue weighted by atomic mass is 32.2. The van der Waals surface area contributed by atoms with E-state index in [1.165, 1.54) is 35.4 Å². The molecule has 0 radical (unpaired) electrons. The lowest BCUT2D eigenvalue weighted by Crippen LogP contribution is -2.43. The molecule has 0 aliphatic carbocycles. The molecule has 4 N–H and O–H groups in total. The van der Waals surface area contributed by atoms with E-state index in [2.05, 4.69) is 51.2 Å². The van der Waals surface area contributed by atoms with Crippen molar-refractivity contribution >= 4 is 35.3 Å². The van der Waals surface area contributed by atoms with Crippen LogP contribution in [-0.2, 0) is 19.2 Å². The Bertz CT molecular complexity index is 782. The number of hydrogen-bond acceptors (Lipinski definition) is 5. The summed E-state index contributed by atoms with van der Waals surface area (Å²) in [6, 6.07) is -1.02. The van der Waals surface area contributed by atoms with Gasteiger partial charge in [0, 0.05) is 30.3 Å². The Labute approximate surface area is 208 Å². The fourth-order valence-corrected chi connectivity index (χ4v) is 4.16. The van der Waals surface area contributed by atoms with Crippen LogP contribution in [0.4, 0.5) is 0 Å². The largest absolute Gasteiger partial charge is 0.480 e. The van der Waals surface area contributed by atoms with Crippen molar-refractivity contribution in [1.82, 2.24) is 5.32 Å². The van der Waals surface area contributed by atoms with Crippen molar-refractivity contribution in [3.63, 3.8) is 0 Å². The number of Topliss-reactive ketones (excluding diaryl/α,β-unsaturated/α-hetero) is 1. The standard InChI is InChI=1S/C26H42N2O5S/c1-18(2)8-6-9-19(3)10-7-11-20(4)14-15-34-17-23(26(32)33)28-24(30)13-12-22(25(27)31)16-21(5)29/h8,10,14,22-23H,6-7,9,11-13,15-17H2,1-5H3,(H2,27,31)(H,28,30)(H,32,33)/b19-10+,20-14+/t22?,23-/m0/s1. The quantitative estimate of drug-likeness (QED) is 0.189. The van der Waals surface area contributed by atoms with Crippen LogP contribution in [0.2, 0.25) is 0 Å². The van der Waals surface area contributed by atoms with Crippen molar-refractivity contribution in [2.45, 2.75) is 85.6 Å². The van der Waals surface area contributed by atoms with Crippen molar-refractivity contribution in [2.24, 2.45) is 11.7 Å². The summed E-state index contributed by atoms with van der Waals surface area (Å²) in [5, 5.41) is 11.9. The van der Waals surface area contributed by atoms with E-state index in [1.807, 2.05) is 0 Å². The normalized spacial score (nSPS) is 13.7. The summed E-state index contributed by atoms with van der Waals surface area (Å²) in [5.41, 5.74) is 9.25. The summed E-state index contributed by atoms with van der Waals surface area (Å²) in [5.74, 6) is -2.21. The van der Waals surface area contributed by atoms with Crippen molar-refractivity contribution < 1.29 is 24.3 Å². The van der Waals surface area contributed by atoms with Crippen LogP contribution in [0.5, 0.6) is 0 Å². The Balaban J connectivity index is 4.40. The number of aliphatic carboxylic acids is 1. The second-order valence-corrected chi connectivity index (χ2v) is 10.1. The molecule has 0 aliphatic rings. The maximum atomic E-state index is 12.1. The predicted molar refractivity (Wildman–Crippen MR) is 140 cm³/mol. The van der Waals surface area contributed by atoms with Crippen LogP contribution in [0, 0.1) is 5.92 Å². The molecule has 0 heterocycles. The highest BCUT2D eigenvalue weighted by Crippen LogP contribution is 2.14. The lowest BCUT2D eigenvalue weighted by Gasteiger charge is -2.15. The first-order valence-electron chi connectivity index (χ1n) is 11.8. The summed E-state index contributed by atoms with van der Waals surface area (Å²) in [4.78, 5) is 46.3. The number of nitrogens with one attached hydrogen (secondary N) is 1. The molecular weight excluding hydrogens is 452 g/mol. The van der Waals surface area contributed by atoms with Crippen LogP contribution in [0.15, 0.2) is 34.9 Å². The van der Waals surface area contributed by atoms with E-state index >= 15 is 0 Å². The van der Waals surface area contributed by atoms with Gasteiger partial charge in [-0.25, -0.2) is 4.79 Å². The summed E-state index contributed by atoms with van der Waals surface area (Å²) in [6.45, 7) is 9.80. The van der Waals surface area contributed by atoms with Crippen molar-refractivity contribution in [3.05, 3.63) is 34.9 Å². The molecule has 0 aliphatic heterocycles. The van der Waals surface area contributed by atoms with Gasteiger partial charge in [-0.1, -0.05) is 34.9 Å². The number of ketones is 1. The van der Waals surface area contributed by atoms with Crippen molar-refractivity contribution in [3.8, 4) is 0 Å². The van der Waals surface area contributed by atoms with E-state index in [0.717, 1.165) is 25.7 Å². The molecule has 0 bridgehead atoms. The molecule has 0 spiro atoms. The van der Waals surface area contributed by atoms with Gasteiger partial charge in [-0.3, -0.25) is 9.59 Å². The van der Waals surface area contributed by atoms with Crippen LogP contribution < -0.4 is 11.1 Å². The van der Waals surface area contributed by atoms with Crippen LogP contribution in [0.3, 0.4) is 0 Å². The van der Waals surface area contributed by atoms with Gasteiger partial charge in [0.2, 0.25) is 11.8 Å². The molecule has 8 heteroatoms. The van der Waals surface area contributed by atoms with Crippen LogP contribution in [-0.4, -0.2) is 46.2 Å². The molecule has 1 unspecified atom stereocenters. The minimum Gasteiger partial charge on any atom is -0.480 e. The number of thioether (sulfide) groups is 1. The van der Waals surface area contributed by atoms with E-state index in [-0.39, 0.29) is 30.8 Å². The zero-order chi connectivity index (χ0) is 26.1. The van der Waals surface area contributed by atoms with Gasteiger partial charge in [0.05, 0.1) is 0 Å². The molecule has 2 amide bonds. The Morgan fingerprint density at radius 1 is 0.912 bits per heavy atom. The first-order valence-corrected chi connectivity index (χ1v) is 12.9. The molecule has 0 aromatic carbocycles. The second-order valence-electron chi connectivity index (χ2n) is 9.00. The summed E-state index contributed by atoms with van der Waals surface area (Å²) in [7, 11) is 0. The predicted octanol–water partition coefficient (Wildman–Crippen LogP) is 4.57. The number of carboxylic acids is 1. The van der Waals surface area contributed by atoms with Crippen LogP contribution in [0.1, 0.15) is 79.6 Å². The van der Waals surface area contributed by atoms with Gasteiger partial charge < -0.3 is 21.0 Å². The number of primary amides is 1. The number of amides is 2. The third-order valence-corrected chi connectivity index (χ3v) is 6.22. The lowest BCUT2D eigenvalue weighted by atomic mass is 9.96. The zero-order valence-electron chi connectivity index (χ0n) is 21.3. The number of carbonyl (C=O) groups is 4. The van der Waals surface area contributed by atoms with E-state index < -0.39 is 29.7 Å². The number of rotatable bonds is 18. The molecule has 0 aromatic rings. The van der Waals surface area contributed by atoms with Crippen molar-refractivity contribution in [1.29, 1.82) is 0 Å². The number of hydrogen-bond donors (Lipinski definition) is 3. The van der Waals surface area contributed by atoms with Gasteiger partial charge in [-0.05, 0) is 66.7 Å². The summed E-state index contributed by atoms with van der Waals surface area (Å²) < 4.78 is 0. The number of carboxylic acid groups (broad SMARTS) is 1. The molecule has 7 nitrogen and oxygen atoms in total. The van der Waals surface area contributed by atoms with Gasteiger partial charge >= 0.3 is 5.97 Å². The highest BCUT2D eigenvalue weighted by molar-refractivity contribution is 7.99. The molecule has 34 heavy (non-hydrogen) atoms. The van der Waals surface area contributed by atoms with Crippen molar-refractivity contribution in [2.75, 3.05) is 11.5 Å². The fraction of sp³-hybridized carbons (Fsp3) is 0.615. The molecule has 0 fully saturated rings. The lowest BCUT2D eigenvalue weighted by molar-refractivity contribution is -0.141. The monoisotopic (exact) mass is 494 g/mol. The third-order valence-electron chi connectivity index (χ3n) is 5.25.